The first kappa shape index (κ1) is 20.6. The molecule has 0 radical (unpaired) electrons. The van der Waals surface area contributed by atoms with Crippen molar-refractivity contribution in [3.63, 3.8) is 0 Å². The summed E-state index contributed by atoms with van der Waals surface area (Å²) in [6.07, 6.45) is 1.05. The molecule has 0 saturated heterocycles. The minimum absolute atomic E-state index is 0.0737. The van der Waals surface area contributed by atoms with Crippen LogP contribution in [0.5, 0.6) is 17.2 Å². The van der Waals surface area contributed by atoms with E-state index < -0.39 is 5.97 Å². The standard InChI is InChI=1S/C25H17NO6/c1-2-21(29)31-20-13-7-16(8-14-20)24(30)22-23(15-3-9-18(27)10-4-15)26-32-25(22)17-5-11-19(28)12-6-17/h2-14,27-28H,1H2. The molecule has 0 aliphatic heterocycles. The third kappa shape index (κ3) is 4.13. The van der Waals surface area contributed by atoms with Gasteiger partial charge >= 0.3 is 5.97 Å². The van der Waals surface area contributed by atoms with Gasteiger partial charge in [0.2, 0.25) is 0 Å². The van der Waals surface area contributed by atoms with E-state index in [-0.39, 0.29) is 34.4 Å². The van der Waals surface area contributed by atoms with Crippen LogP contribution in [0, 0.1) is 0 Å². The molecule has 32 heavy (non-hydrogen) atoms. The van der Waals surface area contributed by atoms with Crippen molar-refractivity contribution in [2.75, 3.05) is 0 Å². The molecule has 158 valence electrons. The molecule has 4 rings (SSSR count). The second-order valence-corrected chi connectivity index (χ2v) is 6.81. The molecule has 0 saturated carbocycles. The van der Waals surface area contributed by atoms with Gasteiger partial charge in [0.25, 0.3) is 0 Å². The molecule has 1 aromatic heterocycles. The lowest BCUT2D eigenvalue weighted by Gasteiger charge is -2.06. The third-order valence-electron chi connectivity index (χ3n) is 4.69. The second kappa shape index (κ2) is 8.61. The summed E-state index contributed by atoms with van der Waals surface area (Å²) in [4.78, 5) is 24.9. The predicted octanol–water partition coefficient (Wildman–Crippen LogP) is 4.74. The van der Waals surface area contributed by atoms with Gasteiger partial charge in [0.05, 0.1) is 5.56 Å². The van der Waals surface area contributed by atoms with Crippen molar-refractivity contribution in [1.29, 1.82) is 0 Å². The van der Waals surface area contributed by atoms with E-state index in [0.29, 0.717) is 22.4 Å². The molecular formula is C25H17NO6. The van der Waals surface area contributed by atoms with Gasteiger partial charge < -0.3 is 19.5 Å². The summed E-state index contributed by atoms with van der Waals surface area (Å²) in [7, 11) is 0. The van der Waals surface area contributed by atoms with Crippen LogP contribution in [-0.2, 0) is 4.79 Å². The van der Waals surface area contributed by atoms with E-state index in [0.717, 1.165) is 6.08 Å². The first-order valence-corrected chi connectivity index (χ1v) is 9.54. The van der Waals surface area contributed by atoms with Crippen LogP contribution in [0.25, 0.3) is 22.6 Å². The van der Waals surface area contributed by atoms with Crippen molar-refractivity contribution in [2.24, 2.45) is 0 Å². The molecule has 0 aliphatic rings. The van der Waals surface area contributed by atoms with Gasteiger partial charge in [-0.25, -0.2) is 4.79 Å². The molecule has 0 spiro atoms. The van der Waals surface area contributed by atoms with E-state index >= 15 is 0 Å². The van der Waals surface area contributed by atoms with Crippen LogP contribution in [0.3, 0.4) is 0 Å². The number of nitrogens with zero attached hydrogens (tertiary/aromatic N) is 1. The van der Waals surface area contributed by atoms with Crippen LogP contribution >= 0.6 is 0 Å². The predicted molar refractivity (Wildman–Crippen MR) is 116 cm³/mol. The van der Waals surface area contributed by atoms with Crippen molar-refractivity contribution < 1.29 is 29.1 Å². The number of carbonyl (C=O) groups excluding carboxylic acids is 2. The first-order chi connectivity index (χ1) is 15.5. The maximum absolute atomic E-state index is 13.5. The van der Waals surface area contributed by atoms with Crippen LogP contribution in [0.2, 0.25) is 0 Å². The average Bonchev–Trinajstić information content (AvgIpc) is 3.25. The van der Waals surface area contributed by atoms with Gasteiger partial charge in [-0.15, -0.1) is 0 Å². The Balaban J connectivity index is 1.79. The summed E-state index contributed by atoms with van der Waals surface area (Å²) in [5.41, 5.74) is 1.99. The molecule has 7 heteroatoms. The summed E-state index contributed by atoms with van der Waals surface area (Å²) >= 11 is 0. The number of hydrogen-bond donors (Lipinski definition) is 2. The summed E-state index contributed by atoms with van der Waals surface area (Å²) in [6.45, 7) is 3.35. The fourth-order valence-electron chi connectivity index (χ4n) is 3.10. The zero-order valence-electron chi connectivity index (χ0n) is 16.7. The Bertz CT molecular complexity index is 1220. The van der Waals surface area contributed by atoms with Crippen LogP contribution in [0.15, 0.2) is 90.0 Å². The number of carbonyl (C=O) groups is 2. The highest BCUT2D eigenvalue weighted by molar-refractivity contribution is 6.15. The Morgan fingerprint density at radius 2 is 1.41 bits per heavy atom. The summed E-state index contributed by atoms with van der Waals surface area (Å²) in [6, 6.07) is 18.5. The van der Waals surface area contributed by atoms with Gasteiger partial charge in [-0.05, 0) is 72.8 Å². The minimum atomic E-state index is -0.604. The fraction of sp³-hybridized carbons (Fsp3) is 0. The maximum atomic E-state index is 13.5. The molecule has 0 fully saturated rings. The lowest BCUT2D eigenvalue weighted by molar-refractivity contribution is -0.128. The Morgan fingerprint density at radius 3 is 1.97 bits per heavy atom. The average molecular weight is 427 g/mol. The molecule has 4 aromatic rings. The van der Waals surface area contributed by atoms with Crippen molar-refractivity contribution in [3.05, 3.63) is 96.6 Å². The highest BCUT2D eigenvalue weighted by Gasteiger charge is 2.26. The number of ketones is 1. The number of rotatable bonds is 6. The van der Waals surface area contributed by atoms with E-state index in [9.17, 15) is 19.8 Å². The number of esters is 1. The quantitative estimate of drug-likeness (QED) is 0.198. The number of benzene rings is 3. The third-order valence-corrected chi connectivity index (χ3v) is 4.69. The van der Waals surface area contributed by atoms with Crippen molar-refractivity contribution in [2.45, 2.75) is 0 Å². The molecule has 1 heterocycles. The smallest absolute Gasteiger partial charge is 0.335 e. The van der Waals surface area contributed by atoms with Crippen LogP contribution in [0.4, 0.5) is 0 Å². The fourth-order valence-corrected chi connectivity index (χ4v) is 3.10. The van der Waals surface area contributed by atoms with Gasteiger partial charge in [-0.1, -0.05) is 11.7 Å². The van der Waals surface area contributed by atoms with Crippen molar-refractivity contribution in [1.82, 2.24) is 5.16 Å². The summed E-state index contributed by atoms with van der Waals surface area (Å²) in [5, 5.41) is 23.3. The van der Waals surface area contributed by atoms with E-state index in [1.165, 1.54) is 48.5 Å². The Morgan fingerprint density at radius 1 is 0.844 bits per heavy atom. The van der Waals surface area contributed by atoms with Crippen LogP contribution in [0.1, 0.15) is 15.9 Å². The monoisotopic (exact) mass is 427 g/mol. The molecule has 7 nitrogen and oxygen atoms in total. The Hall–Kier alpha value is -4.65. The second-order valence-electron chi connectivity index (χ2n) is 6.81. The molecule has 0 bridgehead atoms. The Kier molecular flexibility index (Phi) is 5.55. The lowest BCUT2D eigenvalue weighted by Crippen LogP contribution is -2.06. The molecule has 2 N–H and O–H groups in total. The normalized spacial score (nSPS) is 10.5. The van der Waals surface area contributed by atoms with E-state index in [1.54, 1.807) is 24.3 Å². The van der Waals surface area contributed by atoms with Gasteiger partial charge in [-0.2, -0.15) is 0 Å². The number of aromatic nitrogens is 1. The van der Waals surface area contributed by atoms with Crippen molar-refractivity contribution >= 4 is 11.8 Å². The molecule has 0 amide bonds. The molecule has 0 unspecified atom stereocenters. The number of phenols is 2. The van der Waals surface area contributed by atoms with E-state index in [4.69, 9.17) is 9.26 Å². The van der Waals surface area contributed by atoms with Gasteiger partial charge in [0.1, 0.15) is 22.9 Å². The molecular weight excluding hydrogens is 410 g/mol. The number of ether oxygens (including phenoxy) is 1. The van der Waals surface area contributed by atoms with Crippen LogP contribution in [-0.4, -0.2) is 27.1 Å². The lowest BCUT2D eigenvalue weighted by atomic mass is 9.95. The van der Waals surface area contributed by atoms with E-state index in [1.807, 2.05) is 0 Å². The van der Waals surface area contributed by atoms with Gasteiger partial charge in [0.15, 0.2) is 11.5 Å². The Labute approximate surface area is 182 Å². The van der Waals surface area contributed by atoms with Gasteiger partial charge in [0, 0.05) is 22.8 Å². The topological polar surface area (TPSA) is 110 Å². The van der Waals surface area contributed by atoms with Crippen molar-refractivity contribution in [3.8, 4) is 39.8 Å². The highest BCUT2D eigenvalue weighted by Crippen LogP contribution is 2.35. The zero-order chi connectivity index (χ0) is 22.7. The number of aromatic hydroxyl groups is 2. The number of phenolic OH excluding ortho intramolecular Hbond substituents is 2. The van der Waals surface area contributed by atoms with Gasteiger partial charge in [-0.3, -0.25) is 4.79 Å². The summed E-state index contributed by atoms with van der Waals surface area (Å²) in [5.74, 6) is -0.307. The van der Waals surface area contributed by atoms with E-state index in [2.05, 4.69) is 11.7 Å². The molecule has 0 atom stereocenters. The first-order valence-electron chi connectivity index (χ1n) is 9.54. The maximum Gasteiger partial charge on any atom is 0.335 e. The largest absolute Gasteiger partial charge is 0.508 e. The van der Waals surface area contributed by atoms with Crippen LogP contribution < -0.4 is 4.74 Å². The minimum Gasteiger partial charge on any atom is -0.508 e. The molecule has 0 aliphatic carbocycles. The zero-order valence-corrected chi connectivity index (χ0v) is 16.7. The SMILES string of the molecule is C=CC(=O)Oc1ccc(C(=O)c2c(-c3ccc(O)cc3)noc2-c2ccc(O)cc2)cc1. The summed E-state index contributed by atoms with van der Waals surface area (Å²) < 4.78 is 10.6. The highest BCUT2D eigenvalue weighted by atomic mass is 16.5. The number of hydrogen-bond acceptors (Lipinski definition) is 7. The molecule has 3 aromatic carbocycles.